The fraction of sp³-hybridized carbons (Fsp3) is 0.294. The lowest BCUT2D eigenvalue weighted by molar-refractivity contribution is 0.556. The standard InChI is InChI=1S/C17H21N5/c1-2-8-13-12(6-1)7-5-11-15(13)18-16-10-4-3-9-14(16)17-19-21-22-20-17/h3-5,7,9-11,17-22H,1-2,6,8H2. The highest BCUT2D eigenvalue weighted by atomic mass is 15.8. The minimum absolute atomic E-state index is 0.0308. The molecular formula is C17H21N5. The second kappa shape index (κ2) is 6.06. The van der Waals surface area contributed by atoms with E-state index in [-0.39, 0.29) is 6.17 Å². The Hall–Kier alpha value is -1.92. The van der Waals surface area contributed by atoms with Crippen LogP contribution in [0.1, 0.15) is 35.7 Å². The first kappa shape index (κ1) is 13.7. The van der Waals surface area contributed by atoms with Gasteiger partial charge in [-0.1, -0.05) is 30.3 Å². The van der Waals surface area contributed by atoms with E-state index in [0.29, 0.717) is 0 Å². The highest BCUT2D eigenvalue weighted by molar-refractivity contribution is 5.68. The largest absolute Gasteiger partial charge is 0.355 e. The van der Waals surface area contributed by atoms with Gasteiger partial charge in [0.25, 0.3) is 0 Å². The van der Waals surface area contributed by atoms with Crippen molar-refractivity contribution in [2.75, 3.05) is 5.32 Å². The number of benzene rings is 2. The topological polar surface area (TPSA) is 60.1 Å². The van der Waals surface area contributed by atoms with Crippen LogP contribution in [0.25, 0.3) is 0 Å². The molecule has 0 amide bonds. The first-order valence-electron chi connectivity index (χ1n) is 7.89. The summed E-state index contributed by atoms with van der Waals surface area (Å²) in [5.41, 5.74) is 18.6. The van der Waals surface area contributed by atoms with E-state index in [1.165, 1.54) is 48.1 Å². The molecule has 0 aromatic heterocycles. The molecule has 2 aromatic carbocycles. The number of fused-ring (bicyclic) bond motifs is 1. The van der Waals surface area contributed by atoms with Gasteiger partial charge in [0, 0.05) is 16.9 Å². The van der Waals surface area contributed by atoms with Gasteiger partial charge < -0.3 is 5.32 Å². The molecule has 0 atom stereocenters. The summed E-state index contributed by atoms with van der Waals surface area (Å²) in [7, 11) is 0. The molecule has 4 rings (SSSR count). The van der Waals surface area contributed by atoms with Crippen molar-refractivity contribution in [1.29, 1.82) is 0 Å². The number of nitrogens with one attached hydrogen (secondary N) is 5. The second-order valence-electron chi connectivity index (χ2n) is 5.83. The second-order valence-corrected chi connectivity index (χ2v) is 5.83. The quantitative estimate of drug-likeness (QED) is 0.602. The van der Waals surface area contributed by atoms with Crippen LogP contribution in [0.3, 0.4) is 0 Å². The van der Waals surface area contributed by atoms with Crippen LogP contribution in [0.2, 0.25) is 0 Å². The maximum absolute atomic E-state index is 3.64. The molecule has 5 nitrogen and oxygen atoms in total. The van der Waals surface area contributed by atoms with Crippen LogP contribution in [0.4, 0.5) is 11.4 Å². The zero-order chi connectivity index (χ0) is 14.8. The number of hydrogen-bond acceptors (Lipinski definition) is 5. The molecule has 0 radical (unpaired) electrons. The average molecular weight is 295 g/mol. The Bertz CT molecular complexity index is 664. The highest BCUT2D eigenvalue weighted by Gasteiger charge is 2.19. The molecule has 22 heavy (non-hydrogen) atoms. The molecular weight excluding hydrogens is 274 g/mol. The molecule has 5 heteroatoms. The molecule has 2 aromatic rings. The van der Waals surface area contributed by atoms with Gasteiger partial charge >= 0.3 is 0 Å². The van der Waals surface area contributed by atoms with Crippen molar-refractivity contribution in [3.8, 4) is 0 Å². The van der Waals surface area contributed by atoms with Crippen molar-refractivity contribution >= 4 is 11.4 Å². The Balaban J connectivity index is 1.67. The third kappa shape index (κ3) is 2.60. The number of hydrazine groups is 3. The predicted molar refractivity (Wildman–Crippen MR) is 88.1 cm³/mol. The molecule has 1 aliphatic heterocycles. The lowest BCUT2D eigenvalue weighted by atomic mass is 9.90. The molecule has 0 bridgehead atoms. The van der Waals surface area contributed by atoms with Crippen LogP contribution >= 0.6 is 0 Å². The van der Waals surface area contributed by atoms with Crippen molar-refractivity contribution in [1.82, 2.24) is 21.9 Å². The summed E-state index contributed by atoms with van der Waals surface area (Å²) < 4.78 is 0. The Labute approximate surface area is 130 Å². The summed E-state index contributed by atoms with van der Waals surface area (Å²) in [6.45, 7) is 0. The molecule has 1 saturated heterocycles. The Morgan fingerprint density at radius 2 is 1.59 bits per heavy atom. The molecule has 0 unspecified atom stereocenters. The van der Waals surface area contributed by atoms with Gasteiger partial charge in [0.1, 0.15) is 6.17 Å². The maximum Gasteiger partial charge on any atom is 0.113 e. The molecule has 1 heterocycles. The molecule has 1 aliphatic carbocycles. The number of aryl methyl sites for hydroxylation is 1. The van der Waals surface area contributed by atoms with E-state index in [2.05, 4.69) is 69.7 Å². The van der Waals surface area contributed by atoms with Crippen molar-refractivity contribution in [3.05, 3.63) is 59.2 Å². The van der Waals surface area contributed by atoms with Gasteiger partial charge in [-0.15, -0.1) is 0 Å². The minimum Gasteiger partial charge on any atom is -0.355 e. The van der Waals surface area contributed by atoms with E-state index < -0.39 is 0 Å². The Morgan fingerprint density at radius 1 is 0.818 bits per heavy atom. The summed E-state index contributed by atoms with van der Waals surface area (Å²) in [5.74, 6) is 0. The number of para-hydroxylation sites is 1. The molecule has 0 saturated carbocycles. The SMILES string of the molecule is c1ccc(C2NNNN2)c(Nc2cccc3c2CCCC3)c1. The number of hydrogen-bond donors (Lipinski definition) is 5. The van der Waals surface area contributed by atoms with E-state index in [9.17, 15) is 0 Å². The fourth-order valence-corrected chi connectivity index (χ4v) is 3.31. The van der Waals surface area contributed by atoms with Gasteiger partial charge in [0.15, 0.2) is 0 Å². The fourth-order valence-electron chi connectivity index (χ4n) is 3.31. The summed E-state index contributed by atoms with van der Waals surface area (Å²) >= 11 is 0. The molecule has 2 aliphatic rings. The monoisotopic (exact) mass is 295 g/mol. The smallest absolute Gasteiger partial charge is 0.113 e. The maximum atomic E-state index is 3.64. The van der Waals surface area contributed by atoms with Gasteiger partial charge in [-0.3, -0.25) is 0 Å². The highest BCUT2D eigenvalue weighted by Crippen LogP contribution is 2.32. The summed E-state index contributed by atoms with van der Waals surface area (Å²) in [6, 6.07) is 15.0. The van der Waals surface area contributed by atoms with E-state index in [0.717, 1.165) is 5.69 Å². The van der Waals surface area contributed by atoms with Crippen LogP contribution in [-0.4, -0.2) is 0 Å². The summed E-state index contributed by atoms with van der Waals surface area (Å²) in [5, 5.41) is 3.64. The van der Waals surface area contributed by atoms with Crippen LogP contribution in [-0.2, 0) is 12.8 Å². The lowest BCUT2D eigenvalue weighted by Gasteiger charge is -2.22. The predicted octanol–water partition coefficient (Wildman–Crippen LogP) is 2.42. The summed E-state index contributed by atoms with van der Waals surface area (Å²) in [4.78, 5) is 0. The van der Waals surface area contributed by atoms with Crippen LogP contribution in [0.15, 0.2) is 42.5 Å². The normalized spacial score (nSPS) is 18.2. The van der Waals surface area contributed by atoms with Gasteiger partial charge in [-0.05, 0) is 48.9 Å². The number of rotatable bonds is 3. The van der Waals surface area contributed by atoms with Crippen molar-refractivity contribution in [2.45, 2.75) is 31.8 Å². The van der Waals surface area contributed by atoms with E-state index in [1.54, 1.807) is 0 Å². The molecule has 114 valence electrons. The third-order valence-electron chi connectivity index (χ3n) is 4.43. The number of anilines is 2. The van der Waals surface area contributed by atoms with E-state index >= 15 is 0 Å². The Kier molecular flexibility index (Phi) is 3.78. The van der Waals surface area contributed by atoms with Crippen LogP contribution in [0, 0.1) is 0 Å². The molecule has 1 fully saturated rings. The first-order valence-corrected chi connectivity index (χ1v) is 7.89. The van der Waals surface area contributed by atoms with Gasteiger partial charge in [0.05, 0.1) is 0 Å². The Morgan fingerprint density at radius 3 is 2.50 bits per heavy atom. The minimum atomic E-state index is 0.0308. The van der Waals surface area contributed by atoms with E-state index in [4.69, 9.17) is 0 Å². The van der Waals surface area contributed by atoms with Gasteiger partial charge in [-0.2, -0.15) is 11.1 Å². The summed E-state index contributed by atoms with van der Waals surface area (Å²) in [6.07, 6.45) is 4.99. The first-order chi connectivity index (χ1) is 10.9. The van der Waals surface area contributed by atoms with Gasteiger partial charge in [-0.25, -0.2) is 10.9 Å². The van der Waals surface area contributed by atoms with Crippen LogP contribution < -0.4 is 27.2 Å². The zero-order valence-electron chi connectivity index (χ0n) is 12.4. The van der Waals surface area contributed by atoms with Crippen LogP contribution in [0.5, 0.6) is 0 Å². The molecule has 5 N–H and O–H groups in total. The van der Waals surface area contributed by atoms with Crippen molar-refractivity contribution < 1.29 is 0 Å². The van der Waals surface area contributed by atoms with E-state index in [1.807, 2.05) is 0 Å². The van der Waals surface area contributed by atoms with Gasteiger partial charge in [0.2, 0.25) is 0 Å². The van der Waals surface area contributed by atoms with Crippen molar-refractivity contribution in [2.24, 2.45) is 0 Å². The zero-order valence-corrected chi connectivity index (χ0v) is 12.4. The third-order valence-corrected chi connectivity index (χ3v) is 4.43. The average Bonchev–Trinajstić information content (AvgIpc) is 3.10. The lowest BCUT2D eigenvalue weighted by Crippen LogP contribution is -2.33. The molecule has 0 spiro atoms. The van der Waals surface area contributed by atoms with Crippen molar-refractivity contribution in [3.63, 3.8) is 0 Å².